The summed E-state index contributed by atoms with van der Waals surface area (Å²) in [5, 5.41) is 4.74. The molecule has 4 rings (SSSR count). The van der Waals surface area contributed by atoms with E-state index in [4.69, 9.17) is 26.8 Å². The Hall–Kier alpha value is -1.91. The standard InChI is InChI=1S/C20H28N4O4S2/c1-22-19(14-8-10-30(25,26)12-14)21-24(20(22)29)13-23-9-4-5-17(23)16-11-15(27-2)6-7-18(16)28-3/h6-7,11,14,17H,4-5,8-10,12-13H2,1-3H3/t14-,17-/m0/s1. The average Bonchev–Trinajstić information content (AvgIpc) is 3.41. The summed E-state index contributed by atoms with van der Waals surface area (Å²) in [4.78, 5) is 2.34. The molecule has 2 fully saturated rings. The monoisotopic (exact) mass is 452 g/mol. The smallest absolute Gasteiger partial charge is 0.198 e. The molecule has 0 spiro atoms. The molecule has 0 amide bonds. The van der Waals surface area contributed by atoms with E-state index in [1.54, 1.807) is 14.2 Å². The van der Waals surface area contributed by atoms with E-state index in [0.29, 0.717) is 17.9 Å². The van der Waals surface area contributed by atoms with Crippen molar-refractivity contribution >= 4 is 22.1 Å². The summed E-state index contributed by atoms with van der Waals surface area (Å²) >= 11 is 5.63. The van der Waals surface area contributed by atoms with Crippen molar-refractivity contribution in [2.75, 3.05) is 32.3 Å². The van der Waals surface area contributed by atoms with Crippen molar-refractivity contribution in [1.82, 2.24) is 19.2 Å². The molecule has 0 saturated carbocycles. The van der Waals surface area contributed by atoms with E-state index in [0.717, 1.165) is 42.3 Å². The van der Waals surface area contributed by atoms with E-state index < -0.39 is 9.84 Å². The number of methoxy groups -OCH3 is 2. The third-order valence-corrected chi connectivity index (χ3v) is 8.40. The van der Waals surface area contributed by atoms with Crippen LogP contribution in [0.15, 0.2) is 18.2 Å². The van der Waals surface area contributed by atoms with Gasteiger partial charge in [-0.2, -0.15) is 5.10 Å². The van der Waals surface area contributed by atoms with Gasteiger partial charge in [-0.25, -0.2) is 13.1 Å². The fraction of sp³-hybridized carbons (Fsp3) is 0.600. The Labute approximate surface area is 182 Å². The van der Waals surface area contributed by atoms with Crippen molar-refractivity contribution in [3.63, 3.8) is 0 Å². The van der Waals surface area contributed by atoms with Gasteiger partial charge >= 0.3 is 0 Å². The van der Waals surface area contributed by atoms with Crippen LogP contribution in [0.5, 0.6) is 11.5 Å². The maximum absolute atomic E-state index is 11.9. The van der Waals surface area contributed by atoms with Gasteiger partial charge in [0.1, 0.15) is 17.3 Å². The molecule has 10 heteroatoms. The highest BCUT2D eigenvalue weighted by molar-refractivity contribution is 7.91. The van der Waals surface area contributed by atoms with Crippen LogP contribution in [0.3, 0.4) is 0 Å². The quantitative estimate of drug-likeness (QED) is 0.624. The molecular weight excluding hydrogens is 424 g/mol. The van der Waals surface area contributed by atoms with Gasteiger partial charge in [-0.15, -0.1) is 0 Å². The van der Waals surface area contributed by atoms with Crippen LogP contribution in [0.1, 0.15) is 42.6 Å². The van der Waals surface area contributed by atoms with Crippen LogP contribution < -0.4 is 9.47 Å². The molecule has 3 heterocycles. The first-order valence-electron chi connectivity index (χ1n) is 10.1. The van der Waals surface area contributed by atoms with Crippen LogP contribution in [0.25, 0.3) is 0 Å². The number of rotatable bonds is 6. The number of aromatic nitrogens is 3. The zero-order chi connectivity index (χ0) is 21.5. The molecule has 2 aliphatic heterocycles. The Bertz CT molecular complexity index is 1090. The lowest BCUT2D eigenvalue weighted by molar-refractivity contribution is 0.186. The molecule has 2 aromatic rings. The van der Waals surface area contributed by atoms with Gasteiger partial charge in [0.25, 0.3) is 0 Å². The van der Waals surface area contributed by atoms with Crippen LogP contribution in [0.2, 0.25) is 0 Å². The predicted molar refractivity (Wildman–Crippen MR) is 116 cm³/mol. The summed E-state index contributed by atoms with van der Waals surface area (Å²) < 4.78 is 39.1. The summed E-state index contributed by atoms with van der Waals surface area (Å²) in [6.45, 7) is 1.48. The first kappa shape index (κ1) is 21.3. The maximum Gasteiger partial charge on any atom is 0.198 e. The minimum atomic E-state index is -2.98. The first-order chi connectivity index (χ1) is 14.3. The number of ether oxygens (including phenoxy) is 2. The summed E-state index contributed by atoms with van der Waals surface area (Å²) in [5.41, 5.74) is 1.10. The van der Waals surface area contributed by atoms with Gasteiger partial charge in [-0.05, 0) is 49.7 Å². The summed E-state index contributed by atoms with van der Waals surface area (Å²) in [6.07, 6.45) is 2.69. The number of nitrogens with zero attached hydrogens (tertiary/aromatic N) is 4. The molecular formula is C20H28N4O4S2. The fourth-order valence-corrected chi connectivity index (χ4v) is 6.50. The van der Waals surface area contributed by atoms with Gasteiger partial charge in [0.05, 0.1) is 32.4 Å². The molecule has 8 nitrogen and oxygen atoms in total. The normalized spacial score (nSPS) is 23.7. The van der Waals surface area contributed by atoms with Crippen molar-refractivity contribution in [2.24, 2.45) is 7.05 Å². The van der Waals surface area contributed by atoms with Gasteiger partial charge < -0.3 is 14.0 Å². The average molecular weight is 453 g/mol. The molecule has 0 bridgehead atoms. The zero-order valence-electron chi connectivity index (χ0n) is 17.6. The van der Waals surface area contributed by atoms with E-state index in [9.17, 15) is 8.42 Å². The zero-order valence-corrected chi connectivity index (χ0v) is 19.2. The fourth-order valence-electron chi connectivity index (χ4n) is 4.57. The molecule has 2 atom stereocenters. The third kappa shape index (κ3) is 4.00. The lowest BCUT2D eigenvalue weighted by atomic mass is 10.0. The Morgan fingerprint density at radius 3 is 2.70 bits per heavy atom. The molecule has 2 saturated heterocycles. The van der Waals surface area contributed by atoms with Gasteiger partial charge in [0.15, 0.2) is 14.6 Å². The molecule has 2 aliphatic rings. The van der Waals surface area contributed by atoms with Gasteiger partial charge in [-0.1, -0.05) is 0 Å². The van der Waals surface area contributed by atoms with Gasteiger partial charge in [-0.3, -0.25) is 4.90 Å². The van der Waals surface area contributed by atoms with Crippen LogP contribution in [0, 0.1) is 4.77 Å². The second-order valence-electron chi connectivity index (χ2n) is 8.02. The summed E-state index contributed by atoms with van der Waals surface area (Å²) in [5.74, 6) is 2.69. The van der Waals surface area contributed by atoms with Gasteiger partial charge in [0, 0.05) is 31.1 Å². The highest BCUT2D eigenvalue weighted by Gasteiger charge is 2.34. The van der Waals surface area contributed by atoms with E-state index in [1.165, 1.54) is 0 Å². The molecule has 0 radical (unpaired) electrons. The summed E-state index contributed by atoms with van der Waals surface area (Å²) in [7, 11) is 2.24. The highest BCUT2D eigenvalue weighted by Crippen LogP contribution is 2.39. The largest absolute Gasteiger partial charge is 0.497 e. The number of likely N-dealkylation sites (tertiary alicyclic amines) is 1. The Morgan fingerprint density at radius 2 is 2.03 bits per heavy atom. The van der Waals surface area contributed by atoms with Crippen LogP contribution >= 0.6 is 12.2 Å². The van der Waals surface area contributed by atoms with E-state index >= 15 is 0 Å². The topological polar surface area (TPSA) is 78.6 Å². The van der Waals surface area contributed by atoms with Crippen LogP contribution in [0.4, 0.5) is 0 Å². The lowest BCUT2D eigenvalue weighted by Gasteiger charge is -2.26. The Balaban J connectivity index is 1.60. The number of hydrogen-bond donors (Lipinski definition) is 0. The Kier molecular flexibility index (Phi) is 5.91. The molecule has 1 aromatic carbocycles. The number of benzene rings is 1. The summed E-state index contributed by atoms with van der Waals surface area (Å²) in [6, 6.07) is 6.05. The Morgan fingerprint density at radius 1 is 1.23 bits per heavy atom. The maximum atomic E-state index is 11.9. The van der Waals surface area contributed by atoms with Crippen molar-refractivity contribution in [1.29, 1.82) is 0 Å². The molecule has 0 N–H and O–H groups in total. The minimum Gasteiger partial charge on any atom is -0.497 e. The van der Waals surface area contributed by atoms with Gasteiger partial charge in [0.2, 0.25) is 0 Å². The third-order valence-electron chi connectivity index (χ3n) is 6.15. The van der Waals surface area contributed by atoms with E-state index in [2.05, 4.69) is 4.90 Å². The van der Waals surface area contributed by atoms with Crippen molar-refractivity contribution in [2.45, 2.75) is 37.9 Å². The molecule has 30 heavy (non-hydrogen) atoms. The SMILES string of the molecule is COc1ccc(OC)c([C@@H]2CCCN2Cn2nc([C@H]3CCS(=O)(=O)C3)n(C)c2=S)c1. The second-order valence-corrected chi connectivity index (χ2v) is 10.6. The minimum absolute atomic E-state index is 0.0872. The lowest BCUT2D eigenvalue weighted by Crippen LogP contribution is -2.27. The van der Waals surface area contributed by atoms with Crippen molar-refractivity contribution in [3.05, 3.63) is 34.4 Å². The highest BCUT2D eigenvalue weighted by atomic mass is 32.2. The van der Waals surface area contributed by atoms with E-state index in [-0.39, 0.29) is 23.5 Å². The van der Waals surface area contributed by atoms with Crippen molar-refractivity contribution < 1.29 is 17.9 Å². The van der Waals surface area contributed by atoms with Crippen LogP contribution in [-0.4, -0.2) is 59.9 Å². The predicted octanol–water partition coefficient (Wildman–Crippen LogP) is 2.66. The number of hydrogen-bond acceptors (Lipinski definition) is 7. The molecule has 164 valence electrons. The second kappa shape index (κ2) is 8.32. The molecule has 0 aliphatic carbocycles. The molecule has 0 unspecified atom stereocenters. The van der Waals surface area contributed by atoms with Crippen molar-refractivity contribution in [3.8, 4) is 11.5 Å². The molecule has 1 aromatic heterocycles. The van der Waals surface area contributed by atoms with Crippen LogP contribution in [-0.2, 0) is 23.6 Å². The first-order valence-corrected chi connectivity index (χ1v) is 12.4. The number of sulfone groups is 1. The van der Waals surface area contributed by atoms with E-state index in [1.807, 2.05) is 34.5 Å².